The molecule has 1 aliphatic heterocycles. The van der Waals surface area contributed by atoms with Crippen molar-refractivity contribution in [3.63, 3.8) is 0 Å². The number of nitrogens with zero attached hydrogens (tertiary/aromatic N) is 7. The topological polar surface area (TPSA) is 88.5 Å². The van der Waals surface area contributed by atoms with Crippen molar-refractivity contribution in [2.45, 2.75) is 12.5 Å². The maximum atomic E-state index is 13.4. The summed E-state index contributed by atoms with van der Waals surface area (Å²) in [5, 5.41) is 4.36. The normalized spacial score (nSPS) is 15.6. The summed E-state index contributed by atoms with van der Waals surface area (Å²) < 4.78 is 28.5. The van der Waals surface area contributed by atoms with Crippen LogP contribution in [-0.2, 0) is 5.54 Å². The molecule has 1 unspecified atom stereocenters. The summed E-state index contributed by atoms with van der Waals surface area (Å²) in [6.07, 6.45) is 6.96. The average Bonchev–Trinajstić information content (AvgIpc) is 3.38. The molecule has 2 N–H and O–H groups in total. The highest BCUT2D eigenvalue weighted by Gasteiger charge is 2.26. The molecule has 0 saturated carbocycles. The summed E-state index contributed by atoms with van der Waals surface area (Å²) in [6, 6.07) is 14.6. The van der Waals surface area contributed by atoms with Crippen LogP contribution in [0.25, 0.3) is 16.6 Å². The number of hydrogen-bond acceptors (Lipinski definition) is 7. The zero-order valence-electron chi connectivity index (χ0n) is 20.8. The number of halogens is 2. The molecule has 5 aromatic rings. The molecule has 6 rings (SSSR count). The maximum Gasteiger partial charge on any atom is 0.225 e. The van der Waals surface area contributed by atoms with Gasteiger partial charge in [0.25, 0.3) is 0 Å². The zero-order valence-corrected chi connectivity index (χ0v) is 20.8. The third kappa shape index (κ3) is 4.43. The highest BCUT2D eigenvalue weighted by atomic mass is 19.1. The second-order valence-corrected chi connectivity index (χ2v) is 9.60. The van der Waals surface area contributed by atoms with Gasteiger partial charge < -0.3 is 15.5 Å². The van der Waals surface area contributed by atoms with E-state index in [0.717, 1.165) is 59.8 Å². The van der Waals surface area contributed by atoms with Crippen LogP contribution in [0.5, 0.6) is 0 Å². The highest BCUT2D eigenvalue weighted by molar-refractivity contribution is 5.77. The van der Waals surface area contributed by atoms with Gasteiger partial charge in [-0.2, -0.15) is 5.10 Å². The second-order valence-electron chi connectivity index (χ2n) is 9.60. The Kier molecular flexibility index (Phi) is 5.96. The quantitative estimate of drug-likeness (QED) is 0.381. The van der Waals surface area contributed by atoms with Gasteiger partial charge in [-0.05, 0) is 48.4 Å². The number of anilines is 2. The van der Waals surface area contributed by atoms with Gasteiger partial charge in [-0.25, -0.2) is 28.2 Å². The van der Waals surface area contributed by atoms with Gasteiger partial charge in [0.2, 0.25) is 5.95 Å². The van der Waals surface area contributed by atoms with E-state index in [2.05, 4.69) is 29.9 Å². The van der Waals surface area contributed by atoms with Crippen LogP contribution in [0.15, 0.2) is 79.5 Å². The highest BCUT2D eigenvalue weighted by Crippen LogP contribution is 2.29. The van der Waals surface area contributed by atoms with E-state index in [1.165, 1.54) is 24.3 Å². The van der Waals surface area contributed by atoms with Crippen molar-refractivity contribution < 1.29 is 8.78 Å². The lowest BCUT2D eigenvalue weighted by Crippen LogP contribution is -2.47. The van der Waals surface area contributed by atoms with Crippen LogP contribution >= 0.6 is 0 Å². The molecule has 10 heteroatoms. The minimum Gasteiger partial charge on any atom is -0.351 e. The molecule has 0 amide bonds. The Hall–Kier alpha value is -4.44. The number of benzene rings is 2. The SMILES string of the molecule is CC(N)(c1ccc(F)cc1)c1cnc(N2CCN(c3ncnn4cc(-c5ccc(F)cc5)cc34)CC2)nc1. The van der Waals surface area contributed by atoms with Crippen LogP contribution in [-0.4, -0.2) is 50.7 Å². The summed E-state index contributed by atoms with van der Waals surface area (Å²) in [5.41, 5.74) is 10.0. The summed E-state index contributed by atoms with van der Waals surface area (Å²) in [5.74, 6) is 0.919. The van der Waals surface area contributed by atoms with Gasteiger partial charge in [0.05, 0.1) is 5.54 Å². The number of nitrogens with two attached hydrogens (primary N) is 1. The van der Waals surface area contributed by atoms with E-state index in [1.807, 2.05) is 19.2 Å². The van der Waals surface area contributed by atoms with E-state index in [1.54, 1.807) is 47.5 Å². The molecule has 1 fully saturated rings. The molecule has 8 nitrogen and oxygen atoms in total. The van der Waals surface area contributed by atoms with Gasteiger partial charge in [0.1, 0.15) is 23.5 Å². The fraction of sp³-hybridized carbons (Fsp3) is 0.214. The summed E-state index contributed by atoms with van der Waals surface area (Å²) in [7, 11) is 0. The predicted octanol–water partition coefficient (Wildman–Crippen LogP) is 4.01. The Morgan fingerprint density at radius 3 is 2.03 bits per heavy atom. The molecule has 2 aromatic carbocycles. The lowest BCUT2D eigenvalue weighted by Gasteiger charge is -2.35. The standard InChI is InChI=1S/C28H26F2N8/c1-28(31,21-4-8-24(30)9-5-21)22-15-32-27(33-16-22)37-12-10-36(11-13-37)26-25-14-20(17-38(25)35-18-34-26)19-2-6-23(29)7-3-19/h2-9,14-18H,10-13,31H2,1H3. The van der Waals surface area contributed by atoms with Crippen molar-refractivity contribution in [2.75, 3.05) is 36.0 Å². The van der Waals surface area contributed by atoms with Crippen LogP contribution in [0.2, 0.25) is 0 Å². The van der Waals surface area contributed by atoms with Crippen LogP contribution < -0.4 is 15.5 Å². The van der Waals surface area contributed by atoms with E-state index in [9.17, 15) is 8.78 Å². The third-order valence-corrected chi connectivity index (χ3v) is 7.11. The smallest absolute Gasteiger partial charge is 0.225 e. The lowest BCUT2D eigenvalue weighted by molar-refractivity contribution is 0.585. The Morgan fingerprint density at radius 2 is 1.37 bits per heavy atom. The molecule has 0 radical (unpaired) electrons. The Bertz CT molecular complexity index is 1560. The number of hydrogen-bond donors (Lipinski definition) is 1. The number of aromatic nitrogens is 5. The van der Waals surface area contributed by atoms with E-state index in [-0.39, 0.29) is 11.6 Å². The van der Waals surface area contributed by atoms with Crippen molar-refractivity contribution in [3.8, 4) is 11.1 Å². The van der Waals surface area contributed by atoms with Gasteiger partial charge in [0, 0.05) is 55.9 Å². The molecule has 3 aromatic heterocycles. The van der Waals surface area contributed by atoms with Crippen LogP contribution in [0.4, 0.5) is 20.5 Å². The maximum absolute atomic E-state index is 13.4. The molecule has 4 heterocycles. The predicted molar refractivity (Wildman–Crippen MR) is 142 cm³/mol. The van der Waals surface area contributed by atoms with Crippen LogP contribution in [0.3, 0.4) is 0 Å². The fourth-order valence-electron chi connectivity index (χ4n) is 4.79. The Labute approximate surface area is 218 Å². The molecule has 38 heavy (non-hydrogen) atoms. The first kappa shape index (κ1) is 23.9. The number of rotatable bonds is 5. The van der Waals surface area contributed by atoms with Gasteiger partial charge in [-0.1, -0.05) is 24.3 Å². The minimum absolute atomic E-state index is 0.264. The molecule has 1 aliphatic rings. The molecule has 192 valence electrons. The second kappa shape index (κ2) is 9.46. The van der Waals surface area contributed by atoms with Crippen molar-refractivity contribution in [3.05, 3.63) is 102 Å². The van der Waals surface area contributed by atoms with Gasteiger partial charge >= 0.3 is 0 Å². The lowest BCUT2D eigenvalue weighted by atomic mass is 9.87. The monoisotopic (exact) mass is 512 g/mol. The first-order valence-electron chi connectivity index (χ1n) is 12.4. The third-order valence-electron chi connectivity index (χ3n) is 7.11. The van der Waals surface area contributed by atoms with Crippen molar-refractivity contribution in [1.82, 2.24) is 24.6 Å². The van der Waals surface area contributed by atoms with Gasteiger partial charge in [-0.15, -0.1) is 0 Å². The molecule has 1 saturated heterocycles. The first-order valence-corrected chi connectivity index (χ1v) is 12.4. The van der Waals surface area contributed by atoms with Crippen molar-refractivity contribution >= 4 is 17.3 Å². The summed E-state index contributed by atoms with van der Waals surface area (Å²) >= 11 is 0. The molecule has 1 atom stereocenters. The average molecular weight is 513 g/mol. The molecule has 0 bridgehead atoms. The Morgan fingerprint density at radius 1 is 0.763 bits per heavy atom. The largest absolute Gasteiger partial charge is 0.351 e. The molecular weight excluding hydrogens is 486 g/mol. The summed E-state index contributed by atoms with van der Waals surface area (Å²) in [4.78, 5) is 18.1. The number of piperazine rings is 1. The molecular formula is C28H26F2N8. The summed E-state index contributed by atoms with van der Waals surface area (Å²) in [6.45, 7) is 4.78. The first-order chi connectivity index (χ1) is 18.4. The number of fused-ring (bicyclic) bond motifs is 1. The van der Waals surface area contributed by atoms with E-state index in [4.69, 9.17) is 5.73 Å². The van der Waals surface area contributed by atoms with Gasteiger partial charge in [-0.3, -0.25) is 0 Å². The van der Waals surface area contributed by atoms with Crippen LogP contribution in [0.1, 0.15) is 18.1 Å². The van der Waals surface area contributed by atoms with Crippen molar-refractivity contribution in [1.29, 1.82) is 0 Å². The molecule has 0 spiro atoms. The fourth-order valence-corrected chi connectivity index (χ4v) is 4.79. The van der Waals surface area contributed by atoms with E-state index >= 15 is 0 Å². The van der Waals surface area contributed by atoms with Crippen LogP contribution in [0, 0.1) is 11.6 Å². The minimum atomic E-state index is -0.840. The zero-order chi connectivity index (χ0) is 26.3. The van der Waals surface area contributed by atoms with E-state index in [0.29, 0.717) is 5.95 Å². The van der Waals surface area contributed by atoms with Crippen molar-refractivity contribution in [2.24, 2.45) is 5.73 Å². The van der Waals surface area contributed by atoms with Gasteiger partial charge in [0.15, 0.2) is 5.82 Å². The Balaban J connectivity index is 1.16. The molecule has 0 aliphatic carbocycles. The van der Waals surface area contributed by atoms with E-state index < -0.39 is 5.54 Å².